The fourth-order valence-corrected chi connectivity index (χ4v) is 9.10. The van der Waals surface area contributed by atoms with Gasteiger partial charge in [0.05, 0.1) is 70.5 Å². The second kappa shape index (κ2) is 41.7. The summed E-state index contributed by atoms with van der Waals surface area (Å²) >= 11 is 0. The van der Waals surface area contributed by atoms with Crippen LogP contribution < -0.4 is 42.2 Å². The average molecular weight is 1260 g/mol. The van der Waals surface area contributed by atoms with Gasteiger partial charge in [-0.05, 0) is 130 Å². The molecule has 0 spiro atoms. The number of non-ortho nitro benzene ring substituents is 2. The topological polar surface area (TPSA) is 354 Å². The number of benzene rings is 4. The lowest BCUT2D eigenvalue weighted by molar-refractivity contribution is -0.385. The number of allylic oxidation sites excluding steroid dienone is 1. The van der Waals surface area contributed by atoms with Gasteiger partial charge in [-0.2, -0.15) is 15.1 Å². The maximum Gasteiger partial charge on any atom is 0.407 e. The lowest BCUT2D eigenvalue weighted by Crippen LogP contribution is -2.36. The number of alkyl carbamates (subject to hydrolysis) is 1. The Morgan fingerprint density at radius 3 is 1.77 bits per heavy atom. The molecule has 0 saturated carbocycles. The largest absolute Gasteiger partial charge is 0.448 e. The molecular weight excluding hydrogens is 1170 g/mol. The van der Waals surface area contributed by atoms with E-state index in [2.05, 4.69) is 75.8 Å². The first-order valence-electron chi connectivity index (χ1n) is 31.0. The zero-order valence-corrected chi connectivity index (χ0v) is 53.1. The molecule has 1 unspecified atom stereocenters. The molecule has 4 aromatic carbocycles. The van der Waals surface area contributed by atoms with Gasteiger partial charge >= 0.3 is 12.1 Å². The van der Waals surface area contributed by atoms with Crippen molar-refractivity contribution in [2.75, 3.05) is 79.7 Å². The van der Waals surface area contributed by atoms with Gasteiger partial charge in [0.2, 0.25) is 0 Å². The van der Waals surface area contributed by atoms with Gasteiger partial charge in [-0.25, -0.2) is 14.6 Å². The summed E-state index contributed by atoms with van der Waals surface area (Å²) in [6.07, 6.45) is 11.8. The van der Waals surface area contributed by atoms with Crippen molar-refractivity contribution in [1.82, 2.24) is 25.9 Å². The summed E-state index contributed by atoms with van der Waals surface area (Å²) < 4.78 is 5.36. The molecule has 91 heavy (non-hydrogen) atoms. The van der Waals surface area contributed by atoms with E-state index in [1.165, 1.54) is 30.3 Å². The highest BCUT2D eigenvalue weighted by molar-refractivity contribution is 5.80. The number of ether oxygens (including phenoxy) is 1. The van der Waals surface area contributed by atoms with Gasteiger partial charge in [0, 0.05) is 93.0 Å². The zero-order valence-electron chi connectivity index (χ0n) is 53.1. The molecule has 0 bridgehead atoms. The Balaban J connectivity index is 0.000000327. The number of aromatic nitrogens is 2. The SMILES string of the molecule is CC(C)C1=CC(O)C=C(NC(=O)NCCCCCCN=O)C1.CCN(CCO)c1ccc(N=Nc2ccc([N+](=O)[O-])cc2)cc1.CCN(CCOC(=O)NCCCCCCCC(=O)Cc1nc(C(C)C)cc(=O)[nH]1)c1ccc(NNc2ccc([N+](=O)[O-])cc2)cc1. The molecule has 0 aliphatic heterocycles. The smallest absolute Gasteiger partial charge is 0.407 e. The molecule has 1 aromatic heterocycles. The molecule has 492 valence electrons. The number of nitrogens with zero attached hydrogens (tertiary/aromatic N) is 8. The van der Waals surface area contributed by atoms with Crippen LogP contribution >= 0.6 is 0 Å². The summed E-state index contributed by atoms with van der Waals surface area (Å²) in [7, 11) is 0. The fourth-order valence-electron chi connectivity index (χ4n) is 9.10. The highest BCUT2D eigenvalue weighted by Gasteiger charge is 2.17. The Hall–Kier alpha value is -9.43. The number of aliphatic hydroxyl groups is 2. The Kier molecular flexibility index (Phi) is 33.9. The van der Waals surface area contributed by atoms with E-state index in [0.717, 1.165) is 99.2 Å². The summed E-state index contributed by atoms with van der Waals surface area (Å²) in [5, 5.41) is 59.5. The third-order valence-electron chi connectivity index (χ3n) is 14.2. The van der Waals surface area contributed by atoms with E-state index in [1.54, 1.807) is 30.3 Å². The van der Waals surface area contributed by atoms with E-state index in [9.17, 15) is 49.4 Å². The molecule has 26 nitrogen and oxygen atoms in total. The number of rotatable bonds is 36. The van der Waals surface area contributed by atoms with Crippen LogP contribution in [0.5, 0.6) is 0 Å². The number of nitro benzene ring substituents is 2. The maximum atomic E-state index is 12.3. The van der Waals surface area contributed by atoms with E-state index in [-0.39, 0.29) is 54.3 Å². The molecule has 1 heterocycles. The Labute approximate surface area is 531 Å². The number of carbonyl (C=O) groups is 3. The summed E-state index contributed by atoms with van der Waals surface area (Å²) in [5.74, 6) is 0.977. The van der Waals surface area contributed by atoms with Gasteiger partial charge in [0.15, 0.2) is 0 Å². The van der Waals surface area contributed by atoms with Crippen LogP contribution in [0.4, 0.5) is 55.1 Å². The van der Waals surface area contributed by atoms with Gasteiger partial charge in [0.25, 0.3) is 16.9 Å². The summed E-state index contributed by atoms with van der Waals surface area (Å²) in [6, 6.07) is 28.5. The van der Waals surface area contributed by atoms with Crippen molar-refractivity contribution in [3.05, 3.63) is 174 Å². The van der Waals surface area contributed by atoms with Gasteiger partial charge in [-0.15, -0.1) is 0 Å². The predicted octanol–water partition coefficient (Wildman–Crippen LogP) is 12.6. The first-order valence-corrected chi connectivity index (χ1v) is 31.0. The normalized spacial score (nSPS) is 12.5. The summed E-state index contributed by atoms with van der Waals surface area (Å²) in [4.78, 5) is 89.6. The van der Waals surface area contributed by atoms with E-state index in [0.29, 0.717) is 80.1 Å². The Morgan fingerprint density at radius 1 is 0.703 bits per heavy atom. The van der Waals surface area contributed by atoms with Crippen molar-refractivity contribution < 1.29 is 39.2 Å². The Bertz CT molecular complexity index is 3180. The molecule has 0 fully saturated rings. The molecule has 1 atom stereocenters. The minimum Gasteiger partial charge on any atom is -0.448 e. The van der Waals surface area contributed by atoms with Crippen molar-refractivity contribution in [3.63, 3.8) is 0 Å². The van der Waals surface area contributed by atoms with Crippen molar-refractivity contribution in [1.29, 1.82) is 0 Å². The number of aliphatic hydroxyl groups excluding tert-OH is 2. The minimum atomic E-state index is -0.632. The second-order valence-corrected chi connectivity index (χ2v) is 21.9. The van der Waals surface area contributed by atoms with E-state index < -0.39 is 22.0 Å². The number of urea groups is 1. The Morgan fingerprint density at radius 2 is 1.22 bits per heavy atom. The number of hydrogen-bond acceptors (Lipinski definition) is 20. The maximum absolute atomic E-state index is 12.3. The number of Topliss-reactive ketones (excluding diaryl/α,β-unsaturated/α-hetero) is 1. The van der Waals surface area contributed by atoms with Gasteiger partial charge in [-0.3, -0.25) is 29.8 Å². The number of likely N-dealkylation sites (N-methyl/N-ethyl adjacent to an activating group) is 2. The van der Waals surface area contributed by atoms with Crippen LogP contribution in [0.25, 0.3) is 0 Å². The van der Waals surface area contributed by atoms with Crippen LogP contribution in [0.3, 0.4) is 0 Å². The van der Waals surface area contributed by atoms with Crippen molar-refractivity contribution >= 4 is 63.4 Å². The minimum absolute atomic E-state index is 0.0249. The number of unbranched alkanes of at least 4 members (excludes halogenated alkanes) is 7. The lowest BCUT2D eigenvalue weighted by Gasteiger charge is -2.23. The molecule has 6 rings (SSSR count). The number of H-pyrrole nitrogens is 1. The number of nitro groups is 2. The molecular formula is C65H90N14O12. The van der Waals surface area contributed by atoms with Gasteiger partial charge in [-0.1, -0.05) is 76.6 Å². The van der Waals surface area contributed by atoms with Gasteiger partial charge < -0.3 is 56.5 Å². The van der Waals surface area contributed by atoms with Crippen LogP contribution in [0.2, 0.25) is 0 Å². The number of amides is 3. The van der Waals surface area contributed by atoms with Crippen molar-refractivity contribution in [2.45, 2.75) is 131 Å². The number of hydrogen-bond donors (Lipinski definition) is 8. The highest BCUT2D eigenvalue weighted by atomic mass is 16.6. The number of ketones is 1. The summed E-state index contributed by atoms with van der Waals surface area (Å²) in [6.45, 7) is 16.7. The monoisotopic (exact) mass is 1260 g/mol. The molecule has 8 N–H and O–H groups in total. The number of azo groups is 1. The number of carbonyl (C=O) groups excluding carboxylic acids is 3. The molecule has 1 aliphatic carbocycles. The average Bonchev–Trinajstić information content (AvgIpc) is 2.20. The lowest BCUT2D eigenvalue weighted by atomic mass is 9.92. The van der Waals surface area contributed by atoms with Crippen LogP contribution in [-0.2, 0) is 16.0 Å². The number of nitroso groups, excluding NO2 is 1. The molecule has 5 aromatic rings. The van der Waals surface area contributed by atoms with Crippen LogP contribution in [0.1, 0.15) is 130 Å². The first kappa shape index (κ1) is 74.0. The molecule has 0 radical (unpaired) electrons. The van der Waals surface area contributed by atoms with E-state index in [1.807, 2.05) is 82.3 Å². The number of hydrazine groups is 1. The van der Waals surface area contributed by atoms with E-state index in [4.69, 9.17) is 9.84 Å². The zero-order chi connectivity index (χ0) is 66.3. The third kappa shape index (κ3) is 29.6. The molecule has 26 heteroatoms. The summed E-state index contributed by atoms with van der Waals surface area (Å²) in [5.41, 5.74) is 13.2. The standard InChI is InChI=1S/C33H45N7O6.C16H18N4O3.C16H27N3O3/c1-4-39(27-15-11-25(12-16-27)37-38-26-13-17-28(18-14-26)40(44)45)20-21-46-33(43)34-19-9-7-5-6-8-10-29(41)22-31-35-30(24(2)3)23-32(42)36-31;1-2-19(11-12-21)15-7-3-13(4-8-15)17-18-14-5-9-16(10-6-14)20(22)23;1-12(2)13-9-14(11-15(20)10-13)19-16(21)17-7-5-3-4-6-8-18-22/h11-18,23-24,37-38H,4-10,19-22H2,1-3H3,(H,34,43)(H,35,36,42);3-10,21H,2,11-12H2,1H3;10-12,15,20H,3-9H2,1-2H3,(H2,17,19,21). The van der Waals surface area contributed by atoms with Crippen molar-refractivity contribution in [2.24, 2.45) is 21.3 Å². The predicted molar refractivity (Wildman–Crippen MR) is 355 cm³/mol. The first-order chi connectivity index (χ1) is 43.8. The van der Waals surface area contributed by atoms with Crippen LogP contribution in [0.15, 0.2) is 147 Å². The quantitative estimate of drug-likeness (QED) is 0.00461. The van der Waals surface area contributed by atoms with Gasteiger partial charge in [0.1, 0.15) is 18.2 Å². The number of nitrogens with one attached hydrogen (secondary N) is 6. The van der Waals surface area contributed by atoms with Crippen LogP contribution in [-0.4, -0.2) is 113 Å². The van der Waals surface area contributed by atoms with Crippen LogP contribution in [0, 0.1) is 31.1 Å². The molecule has 3 amide bonds. The second-order valence-electron chi connectivity index (χ2n) is 21.9. The third-order valence-corrected chi connectivity index (χ3v) is 14.2. The highest BCUT2D eigenvalue weighted by Crippen LogP contribution is 2.26. The van der Waals surface area contributed by atoms with E-state index >= 15 is 0 Å². The fraction of sp³-hybridized carbons (Fsp3) is 0.462. The number of aromatic amines is 1. The molecule has 0 saturated heterocycles. The molecule has 1 aliphatic rings. The van der Waals surface area contributed by atoms with Crippen molar-refractivity contribution in [3.8, 4) is 0 Å². The number of anilines is 4.